The fourth-order valence-electron chi connectivity index (χ4n) is 1.68. The first-order chi connectivity index (χ1) is 7.37. The van der Waals surface area contributed by atoms with Crippen molar-refractivity contribution in [1.82, 2.24) is 5.32 Å². The summed E-state index contributed by atoms with van der Waals surface area (Å²) in [7, 11) is 0. The van der Waals surface area contributed by atoms with Crippen LogP contribution in [0.25, 0.3) is 0 Å². The highest BCUT2D eigenvalue weighted by Crippen LogP contribution is 2.29. The molecule has 0 aromatic carbocycles. The van der Waals surface area contributed by atoms with E-state index in [4.69, 9.17) is 5.73 Å². The molecule has 102 valence electrons. The van der Waals surface area contributed by atoms with Crippen molar-refractivity contribution in [1.29, 1.82) is 0 Å². The fourth-order valence-corrected chi connectivity index (χ4v) is 2.06. The van der Waals surface area contributed by atoms with E-state index >= 15 is 0 Å². The number of alkyl halides is 3. The van der Waals surface area contributed by atoms with Gasteiger partial charge in [-0.25, -0.2) is 0 Å². The first-order valence-electron chi connectivity index (χ1n) is 5.12. The molecule has 0 atom stereocenters. The molecule has 17 heavy (non-hydrogen) atoms. The molecular weight excluding hydrogens is 277 g/mol. The van der Waals surface area contributed by atoms with Crippen molar-refractivity contribution in [3.63, 3.8) is 0 Å². The highest BCUT2D eigenvalue weighted by molar-refractivity contribution is 8.00. The molecule has 0 unspecified atom stereocenters. The van der Waals surface area contributed by atoms with Crippen molar-refractivity contribution in [3.8, 4) is 0 Å². The Kier molecular flexibility index (Phi) is 7.27. The van der Waals surface area contributed by atoms with Gasteiger partial charge in [0.05, 0.1) is 5.75 Å². The van der Waals surface area contributed by atoms with E-state index in [2.05, 4.69) is 5.32 Å². The molecule has 1 rings (SSSR count). The zero-order valence-electron chi connectivity index (χ0n) is 9.13. The third kappa shape index (κ3) is 7.72. The highest BCUT2D eigenvalue weighted by atomic mass is 35.5. The number of hydrogen-bond acceptors (Lipinski definition) is 3. The third-order valence-corrected chi connectivity index (χ3v) is 3.24. The predicted octanol–water partition coefficient (Wildman–Crippen LogP) is 2.05. The molecular formula is C9H16ClF3N2OS. The van der Waals surface area contributed by atoms with Gasteiger partial charge < -0.3 is 11.1 Å². The molecule has 1 aliphatic rings. The predicted molar refractivity (Wildman–Crippen MR) is 64.1 cm³/mol. The van der Waals surface area contributed by atoms with E-state index in [1.54, 1.807) is 0 Å². The zero-order valence-corrected chi connectivity index (χ0v) is 10.8. The van der Waals surface area contributed by atoms with E-state index in [0.29, 0.717) is 0 Å². The number of carbonyl (C=O) groups is 1. The number of hydrogen-bond donors (Lipinski definition) is 2. The van der Waals surface area contributed by atoms with E-state index in [0.717, 1.165) is 25.7 Å². The van der Waals surface area contributed by atoms with Gasteiger partial charge in [0.25, 0.3) is 0 Å². The topological polar surface area (TPSA) is 55.1 Å². The molecule has 3 nitrogen and oxygen atoms in total. The van der Waals surface area contributed by atoms with Crippen LogP contribution in [0.2, 0.25) is 0 Å². The number of rotatable bonds is 3. The molecule has 0 spiro atoms. The maximum Gasteiger partial charge on any atom is 0.442 e. The molecule has 0 bridgehead atoms. The Morgan fingerprint density at radius 2 is 1.82 bits per heavy atom. The average Bonchev–Trinajstić information content (AvgIpc) is 2.18. The van der Waals surface area contributed by atoms with Gasteiger partial charge in [-0.05, 0) is 37.4 Å². The van der Waals surface area contributed by atoms with Crippen LogP contribution in [0.3, 0.4) is 0 Å². The SMILES string of the molecule is Cl.NC1CCC(NC(=O)CSC(F)(F)F)CC1. The third-order valence-electron chi connectivity index (χ3n) is 2.50. The summed E-state index contributed by atoms with van der Waals surface area (Å²) in [5.41, 5.74) is 1.34. The molecule has 0 saturated heterocycles. The lowest BCUT2D eigenvalue weighted by Crippen LogP contribution is -2.41. The number of thioether (sulfide) groups is 1. The number of amides is 1. The molecule has 8 heteroatoms. The lowest BCUT2D eigenvalue weighted by atomic mass is 9.92. The van der Waals surface area contributed by atoms with Crippen molar-refractivity contribution >= 4 is 30.1 Å². The Bertz CT molecular complexity index is 245. The first kappa shape index (κ1) is 16.9. The Morgan fingerprint density at radius 3 is 2.29 bits per heavy atom. The maximum absolute atomic E-state index is 11.8. The van der Waals surface area contributed by atoms with Crippen LogP contribution in [-0.4, -0.2) is 29.3 Å². The Labute approximate surface area is 108 Å². The smallest absolute Gasteiger partial charge is 0.353 e. The van der Waals surface area contributed by atoms with Gasteiger partial charge in [-0.3, -0.25) is 4.79 Å². The van der Waals surface area contributed by atoms with Crippen molar-refractivity contribution in [2.45, 2.75) is 43.3 Å². The molecule has 0 aromatic rings. The van der Waals surface area contributed by atoms with E-state index < -0.39 is 17.2 Å². The summed E-state index contributed by atoms with van der Waals surface area (Å²) in [6.07, 6.45) is 3.14. The fraction of sp³-hybridized carbons (Fsp3) is 0.889. The molecule has 1 fully saturated rings. The van der Waals surface area contributed by atoms with Crippen molar-refractivity contribution < 1.29 is 18.0 Å². The van der Waals surface area contributed by atoms with Crippen LogP contribution in [-0.2, 0) is 4.79 Å². The second kappa shape index (κ2) is 7.33. The van der Waals surface area contributed by atoms with E-state index in [1.807, 2.05) is 0 Å². The lowest BCUT2D eigenvalue weighted by Gasteiger charge is -2.26. The Morgan fingerprint density at radius 1 is 1.29 bits per heavy atom. The van der Waals surface area contributed by atoms with Crippen LogP contribution >= 0.6 is 24.2 Å². The highest BCUT2D eigenvalue weighted by Gasteiger charge is 2.29. The van der Waals surface area contributed by atoms with Gasteiger partial charge in [0.1, 0.15) is 0 Å². The second-order valence-corrected chi connectivity index (χ2v) is 4.95. The number of halogens is 4. The molecule has 3 N–H and O–H groups in total. The van der Waals surface area contributed by atoms with Crippen LogP contribution in [0, 0.1) is 0 Å². The number of carbonyl (C=O) groups excluding carboxylic acids is 1. The summed E-state index contributed by atoms with van der Waals surface area (Å²) >= 11 is -0.306. The molecule has 0 radical (unpaired) electrons. The summed E-state index contributed by atoms with van der Waals surface area (Å²) in [6, 6.07) is 0.152. The minimum Gasteiger partial charge on any atom is -0.353 e. The molecule has 0 aliphatic heterocycles. The van der Waals surface area contributed by atoms with Gasteiger partial charge in [0.15, 0.2) is 0 Å². The molecule has 1 amide bonds. The van der Waals surface area contributed by atoms with E-state index in [-0.39, 0.29) is 36.3 Å². The summed E-state index contributed by atoms with van der Waals surface area (Å²) in [6.45, 7) is 0. The monoisotopic (exact) mass is 292 g/mol. The average molecular weight is 293 g/mol. The quantitative estimate of drug-likeness (QED) is 0.837. The first-order valence-corrected chi connectivity index (χ1v) is 6.11. The van der Waals surface area contributed by atoms with Crippen LogP contribution < -0.4 is 11.1 Å². The van der Waals surface area contributed by atoms with Crippen molar-refractivity contribution in [2.75, 3.05) is 5.75 Å². The van der Waals surface area contributed by atoms with Gasteiger partial charge >= 0.3 is 5.51 Å². The minimum absolute atomic E-state index is 0. The largest absolute Gasteiger partial charge is 0.442 e. The van der Waals surface area contributed by atoms with Crippen molar-refractivity contribution in [2.24, 2.45) is 5.73 Å². The summed E-state index contributed by atoms with van der Waals surface area (Å²) in [5, 5.41) is 2.60. The van der Waals surface area contributed by atoms with Gasteiger partial charge in [-0.15, -0.1) is 12.4 Å². The number of nitrogens with two attached hydrogens (primary N) is 1. The molecule has 1 saturated carbocycles. The summed E-state index contributed by atoms with van der Waals surface area (Å²) in [5.74, 6) is -1.12. The van der Waals surface area contributed by atoms with Crippen LogP contribution in [0.15, 0.2) is 0 Å². The molecule has 0 heterocycles. The molecule has 0 aromatic heterocycles. The lowest BCUT2D eigenvalue weighted by molar-refractivity contribution is -0.119. The van der Waals surface area contributed by atoms with Gasteiger partial charge in [0.2, 0.25) is 5.91 Å². The molecule has 1 aliphatic carbocycles. The van der Waals surface area contributed by atoms with Gasteiger partial charge in [-0.1, -0.05) is 0 Å². The van der Waals surface area contributed by atoms with Crippen LogP contribution in [0.4, 0.5) is 13.2 Å². The van der Waals surface area contributed by atoms with Crippen LogP contribution in [0.5, 0.6) is 0 Å². The summed E-state index contributed by atoms with van der Waals surface area (Å²) < 4.78 is 35.4. The van der Waals surface area contributed by atoms with Gasteiger partial charge in [0, 0.05) is 12.1 Å². The Balaban J connectivity index is 0.00000256. The van der Waals surface area contributed by atoms with Crippen LogP contribution in [0.1, 0.15) is 25.7 Å². The normalized spacial score (nSPS) is 24.9. The van der Waals surface area contributed by atoms with Crippen molar-refractivity contribution in [3.05, 3.63) is 0 Å². The van der Waals surface area contributed by atoms with Gasteiger partial charge in [-0.2, -0.15) is 13.2 Å². The maximum atomic E-state index is 11.8. The standard InChI is InChI=1S/C9H15F3N2OS.ClH/c10-9(11,12)16-5-8(15)14-7-3-1-6(13)2-4-7;/h6-7H,1-5,13H2,(H,14,15);1H. The van der Waals surface area contributed by atoms with E-state index in [1.165, 1.54) is 0 Å². The minimum atomic E-state index is -4.34. The summed E-state index contributed by atoms with van der Waals surface area (Å²) in [4.78, 5) is 11.2. The Hall–Kier alpha value is -0.140. The zero-order chi connectivity index (χ0) is 12.2. The number of nitrogens with one attached hydrogen (secondary N) is 1. The second-order valence-electron chi connectivity index (χ2n) is 3.91. The van der Waals surface area contributed by atoms with E-state index in [9.17, 15) is 18.0 Å².